The van der Waals surface area contributed by atoms with Crippen LogP contribution in [0.2, 0.25) is 0 Å². The molecule has 0 nitrogen and oxygen atoms in total. The molecule has 0 spiro atoms. The van der Waals surface area contributed by atoms with E-state index in [1.54, 1.807) is 5.92 Å². The zero-order valence-corrected chi connectivity index (χ0v) is 7.38. The van der Waals surface area contributed by atoms with Crippen molar-refractivity contribution in [3.8, 4) is 0 Å². The van der Waals surface area contributed by atoms with E-state index < -0.39 is 0 Å². The molecule has 0 unspecified atom stereocenters. The molecule has 0 radical (unpaired) electrons. The second-order valence-corrected chi connectivity index (χ2v) is 4.20. The number of rotatable bonds is 0. The minimum Gasteiger partial charge on any atom is -0.313 e. The van der Waals surface area contributed by atoms with Crippen LogP contribution in [0.25, 0.3) is 0 Å². The van der Waals surface area contributed by atoms with Crippen LogP contribution in [0.5, 0.6) is 0 Å². The molecule has 0 saturated heterocycles. The summed E-state index contributed by atoms with van der Waals surface area (Å²) >= 11 is 6.28. The van der Waals surface area contributed by atoms with Crippen LogP contribution in [0, 0.1) is 5.92 Å². The van der Waals surface area contributed by atoms with E-state index in [1.165, 1.54) is 38.5 Å². The topological polar surface area (TPSA) is 0 Å². The molecule has 2 heteroatoms. The van der Waals surface area contributed by atoms with Gasteiger partial charge in [-0.3, -0.25) is 0 Å². The number of alkyl halides is 1. The number of hydrogen-bond acceptors (Lipinski definition) is 0. The third kappa shape index (κ3) is 1.55. The summed E-state index contributed by atoms with van der Waals surface area (Å²) < 4.78 is 0. The first-order chi connectivity index (χ1) is 4.29. The third-order valence-electron chi connectivity index (χ3n) is 2.78. The summed E-state index contributed by atoms with van der Waals surface area (Å²) in [5, 5.41) is 0. The molecule has 52 valence electrons. The molecule has 0 aliphatic heterocycles. The monoisotopic (exact) mass is 150 g/mol. The summed E-state index contributed by atoms with van der Waals surface area (Å²) in [7, 11) is 0. The number of hydrogen-bond donors (Lipinski definition) is 0. The maximum atomic E-state index is 6.28. The molecule has 2 bridgehead atoms. The minimum atomic E-state index is 0. The predicted molar refractivity (Wildman–Crippen MR) is 39.5 cm³/mol. The fraction of sp³-hybridized carbons (Fsp3) is 0.875. The second-order valence-electron chi connectivity index (χ2n) is 3.40. The van der Waals surface area contributed by atoms with Gasteiger partial charge in [0.15, 0.2) is 0 Å². The van der Waals surface area contributed by atoms with E-state index in [2.05, 4.69) is 0 Å². The maximum Gasteiger partial charge on any atom is 1.00 e. The number of halogens is 1. The largest absolute Gasteiger partial charge is 1.00 e. The first-order valence-corrected chi connectivity index (χ1v) is 4.19. The average Bonchev–Trinajstić information content (AvgIpc) is 1.90. The van der Waals surface area contributed by atoms with E-state index in [1.807, 2.05) is 0 Å². The summed E-state index contributed by atoms with van der Waals surface area (Å²) in [6.45, 7) is 0. The van der Waals surface area contributed by atoms with Crippen molar-refractivity contribution in [2.24, 2.45) is 0 Å². The second kappa shape index (κ2) is 3.09. The molecular formula is C8H12ClLi. The Bertz CT molecular complexity index is 103. The molecule has 0 heterocycles. The Labute approximate surface area is 79.9 Å². The molecule has 3 fully saturated rings. The van der Waals surface area contributed by atoms with Crippen LogP contribution in [0.15, 0.2) is 0 Å². The standard InChI is InChI=1S/C8H12Cl.Li/c9-8-4-1-7(2-5-8)3-6-8;/h1-6H2;/q-1;+1. The molecule has 3 rings (SSSR count). The smallest absolute Gasteiger partial charge is 0.313 e. The summed E-state index contributed by atoms with van der Waals surface area (Å²) in [4.78, 5) is 0.238. The van der Waals surface area contributed by atoms with Crippen molar-refractivity contribution < 1.29 is 18.9 Å². The molecule has 0 aromatic rings. The zero-order chi connectivity index (χ0) is 6.32. The van der Waals surface area contributed by atoms with Gasteiger partial charge in [0.2, 0.25) is 0 Å². The summed E-state index contributed by atoms with van der Waals surface area (Å²) in [5.74, 6) is 1.78. The van der Waals surface area contributed by atoms with Crippen molar-refractivity contribution in [2.45, 2.75) is 43.4 Å². The van der Waals surface area contributed by atoms with Crippen molar-refractivity contribution in [1.29, 1.82) is 0 Å². The van der Waals surface area contributed by atoms with Gasteiger partial charge in [-0.1, -0.05) is 19.3 Å². The first-order valence-electron chi connectivity index (χ1n) is 3.81. The Balaban J connectivity index is 0.000000500. The van der Waals surface area contributed by atoms with Gasteiger partial charge in [-0.15, -0.1) is 11.6 Å². The molecule has 3 saturated carbocycles. The molecule has 0 aromatic heterocycles. The SMILES string of the molecule is ClC12CC[C-](CC1)CC2.[Li+]. The molecule has 0 atom stereocenters. The van der Waals surface area contributed by atoms with Crippen LogP contribution >= 0.6 is 11.6 Å². The van der Waals surface area contributed by atoms with Crippen molar-refractivity contribution in [3.05, 3.63) is 5.92 Å². The van der Waals surface area contributed by atoms with Crippen LogP contribution in [0.3, 0.4) is 0 Å². The van der Waals surface area contributed by atoms with Gasteiger partial charge in [-0.2, -0.15) is 19.3 Å². The van der Waals surface area contributed by atoms with Gasteiger partial charge < -0.3 is 5.92 Å². The van der Waals surface area contributed by atoms with E-state index in [-0.39, 0.29) is 23.7 Å². The van der Waals surface area contributed by atoms with Crippen molar-refractivity contribution in [2.75, 3.05) is 0 Å². The van der Waals surface area contributed by atoms with Crippen molar-refractivity contribution in [1.82, 2.24) is 0 Å². The maximum absolute atomic E-state index is 6.28. The fourth-order valence-corrected chi connectivity index (χ4v) is 2.24. The van der Waals surface area contributed by atoms with E-state index >= 15 is 0 Å². The summed E-state index contributed by atoms with van der Waals surface area (Å²) in [6, 6.07) is 0. The van der Waals surface area contributed by atoms with E-state index in [0.29, 0.717) is 0 Å². The van der Waals surface area contributed by atoms with Gasteiger partial charge in [-0.05, 0) is 0 Å². The van der Waals surface area contributed by atoms with Crippen molar-refractivity contribution in [3.63, 3.8) is 0 Å². The Morgan fingerprint density at radius 2 is 1.40 bits per heavy atom. The van der Waals surface area contributed by atoms with E-state index in [4.69, 9.17) is 11.6 Å². The van der Waals surface area contributed by atoms with Gasteiger partial charge in [-0.25, -0.2) is 0 Å². The van der Waals surface area contributed by atoms with Gasteiger partial charge in [0.25, 0.3) is 0 Å². The van der Waals surface area contributed by atoms with Crippen LogP contribution in [-0.4, -0.2) is 4.87 Å². The Morgan fingerprint density at radius 3 is 1.60 bits per heavy atom. The Morgan fingerprint density at radius 1 is 1.00 bits per heavy atom. The molecule has 0 aromatic carbocycles. The molecule has 10 heavy (non-hydrogen) atoms. The Hall–Kier alpha value is 0.887. The molecule has 3 aliphatic carbocycles. The fourth-order valence-electron chi connectivity index (χ4n) is 1.95. The Kier molecular flexibility index (Phi) is 2.78. The van der Waals surface area contributed by atoms with E-state index in [0.717, 1.165) is 0 Å². The molecule has 0 N–H and O–H groups in total. The third-order valence-corrected chi connectivity index (χ3v) is 3.35. The van der Waals surface area contributed by atoms with Gasteiger partial charge in [0.1, 0.15) is 0 Å². The molecular weight excluding hydrogens is 138 g/mol. The molecule has 0 amide bonds. The molecule has 3 aliphatic rings. The van der Waals surface area contributed by atoms with Crippen LogP contribution < -0.4 is 18.9 Å². The van der Waals surface area contributed by atoms with Crippen LogP contribution in [0.4, 0.5) is 0 Å². The zero-order valence-electron chi connectivity index (χ0n) is 6.62. The summed E-state index contributed by atoms with van der Waals surface area (Å²) in [6.07, 6.45) is 7.73. The van der Waals surface area contributed by atoms with Gasteiger partial charge in [0.05, 0.1) is 0 Å². The van der Waals surface area contributed by atoms with E-state index in [9.17, 15) is 0 Å². The summed E-state index contributed by atoms with van der Waals surface area (Å²) in [5.41, 5.74) is 0. The quantitative estimate of drug-likeness (QED) is 0.257. The minimum absolute atomic E-state index is 0. The van der Waals surface area contributed by atoms with Crippen LogP contribution in [0.1, 0.15) is 38.5 Å². The van der Waals surface area contributed by atoms with Crippen LogP contribution in [-0.2, 0) is 0 Å². The van der Waals surface area contributed by atoms with Crippen molar-refractivity contribution >= 4 is 11.6 Å². The predicted octanol–water partition coefficient (Wildman–Crippen LogP) is -0.0897. The van der Waals surface area contributed by atoms with Gasteiger partial charge >= 0.3 is 18.9 Å². The number of fused-ring (bicyclic) bond motifs is 3. The first kappa shape index (κ1) is 8.98. The normalized spacial score (nSPS) is 29.7. The average molecular weight is 151 g/mol. The van der Waals surface area contributed by atoms with Gasteiger partial charge in [0, 0.05) is 4.87 Å².